The zero-order valence-electron chi connectivity index (χ0n) is 8.66. The number of nitrogens with one attached hydrogen (secondary N) is 1. The van der Waals surface area contributed by atoms with Gasteiger partial charge in [0.2, 0.25) is 0 Å². The predicted molar refractivity (Wildman–Crippen MR) is 54.4 cm³/mol. The Kier molecular flexibility index (Phi) is 4.07. The first-order chi connectivity index (χ1) is 5.83. The number of hydrogen-bond acceptors (Lipinski definition) is 1. The molecule has 0 unspecified atom stereocenters. The van der Waals surface area contributed by atoms with Crippen LogP contribution in [-0.2, 0) is 0 Å². The Morgan fingerprint density at radius 3 is 2.33 bits per heavy atom. The molecule has 0 aromatic rings. The monoisotopic (exact) mass is 169 g/mol. The average molecular weight is 169 g/mol. The van der Waals surface area contributed by atoms with Crippen LogP contribution in [-0.4, -0.2) is 13.1 Å². The summed E-state index contributed by atoms with van der Waals surface area (Å²) in [6.07, 6.45) is 8.69. The SMILES string of the molecule is CCNCCC1(CC)CCCC1. The molecule has 0 bridgehead atoms. The quantitative estimate of drug-likeness (QED) is 0.624. The summed E-state index contributed by atoms with van der Waals surface area (Å²) in [4.78, 5) is 0. The van der Waals surface area contributed by atoms with Gasteiger partial charge in [-0.2, -0.15) is 0 Å². The lowest BCUT2D eigenvalue weighted by Crippen LogP contribution is -2.24. The van der Waals surface area contributed by atoms with Crippen LogP contribution in [0.15, 0.2) is 0 Å². The minimum Gasteiger partial charge on any atom is -0.317 e. The normalized spacial score (nSPS) is 21.5. The van der Waals surface area contributed by atoms with Crippen molar-refractivity contribution >= 4 is 0 Å². The summed E-state index contributed by atoms with van der Waals surface area (Å²) in [7, 11) is 0. The third-order valence-electron chi connectivity index (χ3n) is 3.50. The van der Waals surface area contributed by atoms with Crippen molar-refractivity contribution in [1.82, 2.24) is 5.32 Å². The Balaban J connectivity index is 2.24. The molecule has 1 saturated carbocycles. The number of rotatable bonds is 5. The Morgan fingerprint density at radius 2 is 1.83 bits per heavy atom. The fourth-order valence-electron chi connectivity index (χ4n) is 2.44. The zero-order valence-corrected chi connectivity index (χ0v) is 8.66. The van der Waals surface area contributed by atoms with Crippen LogP contribution in [0.25, 0.3) is 0 Å². The van der Waals surface area contributed by atoms with Gasteiger partial charge in [0.25, 0.3) is 0 Å². The summed E-state index contributed by atoms with van der Waals surface area (Å²) in [5, 5.41) is 3.43. The first kappa shape index (κ1) is 10.0. The maximum Gasteiger partial charge on any atom is -0.00437 e. The molecule has 0 heterocycles. The molecule has 0 aliphatic heterocycles. The predicted octanol–water partition coefficient (Wildman–Crippen LogP) is 2.96. The maximum atomic E-state index is 3.43. The highest BCUT2D eigenvalue weighted by Crippen LogP contribution is 2.43. The van der Waals surface area contributed by atoms with E-state index in [1.165, 1.54) is 45.1 Å². The van der Waals surface area contributed by atoms with Crippen LogP contribution in [0.3, 0.4) is 0 Å². The van der Waals surface area contributed by atoms with E-state index in [0.29, 0.717) is 0 Å². The molecule has 12 heavy (non-hydrogen) atoms. The van der Waals surface area contributed by atoms with Crippen LogP contribution in [0.4, 0.5) is 0 Å². The first-order valence-corrected chi connectivity index (χ1v) is 5.54. The van der Waals surface area contributed by atoms with Gasteiger partial charge in [-0.05, 0) is 37.8 Å². The zero-order chi connectivity index (χ0) is 8.86. The highest BCUT2D eigenvalue weighted by Gasteiger charge is 2.30. The Bertz CT molecular complexity index is 114. The fourth-order valence-corrected chi connectivity index (χ4v) is 2.44. The van der Waals surface area contributed by atoms with Gasteiger partial charge < -0.3 is 5.32 Å². The van der Waals surface area contributed by atoms with Gasteiger partial charge in [-0.15, -0.1) is 0 Å². The summed E-state index contributed by atoms with van der Waals surface area (Å²) in [5.74, 6) is 0. The lowest BCUT2D eigenvalue weighted by molar-refractivity contribution is 0.257. The molecular formula is C11H23N. The van der Waals surface area contributed by atoms with Crippen LogP contribution in [0.1, 0.15) is 52.4 Å². The van der Waals surface area contributed by atoms with E-state index in [9.17, 15) is 0 Å². The van der Waals surface area contributed by atoms with Crippen molar-refractivity contribution in [3.8, 4) is 0 Å². The molecule has 1 N–H and O–H groups in total. The van der Waals surface area contributed by atoms with Crippen molar-refractivity contribution in [3.05, 3.63) is 0 Å². The Labute approximate surface area is 76.9 Å². The summed E-state index contributed by atoms with van der Waals surface area (Å²) in [6, 6.07) is 0. The van der Waals surface area contributed by atoms with Gasteiger partial charge in [-0.25, -0.2) is 0 Å². The molecule has 1 aliphatic carbocycles. The van der Waals surface area contributed by atoms with Crippen molar-refractivity contribution < 1.29 is 0 Å². The highest BCUT2D eigenvalue weighted by atomic mass is 14.8. The molecule has 1 rings (SSSR count). The summed E-state index contributed by atoms with van der Waals surface area (Å²) in [5.41, 5.74) is 0.724. The van der Waals surface area contributed by atoms with Crippen LogP contribution in [0.2, 0.25) is 0 Å². The van der Waals surface area contributed by atoms with E-state index in [1.54, 1.807) is 0 Å². The van der Waals surface area contributed by atoms with E-state index in [1.807, 2.05) is 0 Å². The lowest BCUT2D eigenvalue weighted by Gasteiger charge is -2.27. The summed E-state index contributed by atoms with van der Waals surface area (Å²) >= 11 is 0. The second-order valence-electron chi connectivity index (χ2n) is 4.16. The van der Waals surface area contributed by atoms with Crippen molar-refractivity contribution in [3.63, 3.8) is 0 Å². The van der Waals surface area contributed by atoms with Crippen LogP contribution >= 0.6 is 0 Å². The van der Waals surface area contributed by atoms with Gasteiger partial charge >= 0.3 is 0 Å². The van der Waals surface area contributed by atoms with E-state index < -0.39 is 0 Å². The summed E-state index contributed by atoms with van der Waals surface area (Å²) in [6.45, 7) is 6.90. The lowest BCUT2D eigenvalue weighted by atomic mass is 9.80. The van der Waals surface area contributed by atoms with Gasteiger partial charge in [0, 0.05) is 0 Å². The van der Waals surface area contributed by atoms with Crippen molar-refractivity contribution in [2.75, 3.05) is 13.1 Å². The molecular weight excluding hydrogens is 146 g/mol. The van der Waals surface area contributed by atoms with E-state index in [-0.39, 0.29) is 0 Å². The molecule has 0 amide bonds. The molecule has 0 saturated heterocycles. The largest absolute Gasteiger partial charge is 0.317 e. The highest BCUT2D eigenvalue weighted by molar-refractivity contribution is 4.83. The van der Waals surface area contributed by atoms with Gasteiger partial charge in [0.15, 0.2) is 0 Å². The average Bonchev–Trinajstić information content (AvgIpc) is 2.55. The van der Waals surface area contributed by atoms with Crippen molar-refractivity contribution in [2.24, 2.45) is 5.41 Å². The topological polar surface area (TPSA) is 12.0 Å². The van der Waals surface area contributed by atoms with E-state index in [0.717, 1.165) is 12.0 Å². The minimum atomic E-state index is 0.724. The smallest absolute Gasteiger partial charge is 0.00437 e. The fraction of sp³-hybridized carbons (Fsp3) is 1.00. The van der Waals surface area contributed by atoms with E-state index in [2.05, 4.69) is 19.2 Å². The van der Waals surface area contributed by atoms with Gasteiger partial charge in [0.1, 0.15) is 0 Å². The number of hydrogen-bond donors (Lipinski definition) is 1. The Hall–Kier alpha value is -0.0400. The second-order valence-corrected chi connectivity index (χ2v) is 4.16. The molecule has 0 radical (unpaired) electrons. The van der Waals surface area contributed by atoms with Crippen LogP contribution < -0.4 is 5.32 Å². The molecule has 0 spiro atoms. The first-order valence-electron chi connectivity index (χ1n) is 5.54. The molecule has 72 valence electrons. The standard InChI is InChI=1S/C11H23N/c1-3-11(7-5-6-8-11)9-10-12-4-2/h12H,3-10H2,1-2H3. The van der Waals surface area contributed by atoms with Crippen molar-refractivity contribution in [2.45, 2.75) is 52.4 Å². The minimum absolute atomic E-state index is 0.724. The molecule has 1 nitrogen and oxygen atoms in total. The van der Waals surface area contributed by atoms with E-state index >= 15 is 0 Å². The Morgan fingerprint density at radius 1 is 1.17 bits per heavy atom. The molecule has 0 aromatic carbocycles. The molecule has 1 fully saturated rings. The van der Waals surface area contributed by atoms with E-state index in [4.69, 9.17) is 0 Å². The van der Waals surface area contributed by atoms with Gasteiger partial charge in [0.05, 0.1) is 0 Å². The molecule has 1 heteroatoms. The maximum absolute atomic E-state index is 3.43. The van der Waals surface area contributed by atoms with Gasteiger partial charge in [-0.3, -0.25) is 0 Å². The van der Waals surface area contributed by atoms with Crippen LogP contribution in [0.5, 0.6) is 0 Å². The molecule has 0 atom stereocenters. The molecule has 0 aromatic heterocycles. The molecule has 1 aliphatic rings. The van der Waals surface area contributed by atoms with Crippen LogP contribution in [0, 0.1) is 5.41 Å². The third kappa shape index (κ3) is 2.48. The second kappa shape index (κ2) is 4.86. The van der Waals surface area contributed by atoms with Crippen molar-refractivity contribution in [1.29, 1.82) is 0 Å². The van der Waals surface area contributed by atoms with Gasteiger partial charge in [-0.1, -0.05) is 33.1 Å². The third-order valence-corrected chi connectivity index (χ3v) is 3.50. The summed E-state index contributed by atoms with van der Waals surface area (Å²) < 4.78 is 0.